The predicted octanol–water partition coefficient (Wildman–Crippen LogP) is 0.950. The van der Waals surface area contributed by atoms with Crippen LogP contribution < -0.4 is 90.8 Å². The van der Waals surface area contributed by atoms with Gasteiger partial charge in [0.15, 0.2) is 68.6 Å². The molecular formula is C56H61ClN25NaO10. The minimum atomic E-state index is -2.77. The van der Waals surface area contributed by atoms with Gasteiger partial charge in [-0.1, -0.05) is 29.8 Å². The number of nitrogens with one attached hydrogen (secondary N) is 7. The zero-order valence-electron chi connectivity index (χ0n) is 59.5. The molecule has 8 N–H and O–H groups in total. The van der Waals surface area contributed by atoms with E-state index in [9.17, 15) is 28.8 Å². The molecule has 3 aromatic carbocycles. The van der Waals surface area contributed by atoms with E-state index in [1.807, 2.05) is 16.0 Å². The Morgan fingerprint density at radius 2 is 0.925 bits per heavy atom. The summed E-state index contributed by atoms with van der Waals surface area (Å²) in [5.41, 5.74) is 2.49. The first-order valence-corrected chi connectivity index (χ1v) is 27.0. The molecule has 8 amide bonds. The van der Waals surface area contributed by atoms with E-state index in [0.29, 0.717) is 81.6 Å². The van der Waals surface area contributed by atoms with Gasteiger partial charge in [0.2, 0.25) is 5.91 Å². The van der Waals surface area contributed by atoms with Gasteiger partial charge in [-0.3, -0.25) is 47.9 Å². The smallest absolute Gasteiger partial charge is 0.870 e. The number of methoxy groups -OCH3 is 3. The van der Waals surface area contributed by atoms with E-state index in [4.69, 9.17) is 38.1 Å². The van der Waals surface area contributed by atoms with Crippen LogP contribution in [0.1, 0.15) is 50.7 Å². The van der Waals surface area contributed by atoms with Gasteiger partial charge in [-0.05, 0) is 36.4 Å². The molecule has 6 aromatic heterocycles. The molecule has 2 aliphatic rings. The van der Waals surface area contributed by atoms with E-state index in [-0.39, 0.29) is 105 Å². The van der Waals surface area contributed by atoms with Crippen molar-refractivity contribution in [1.29, 1.82) is 0 Å². The first-order chi connectivity index (χ1) is 47.3. The Morgan fingerprint density at radius 3 is 1.26 bits per heavy atom. The summed E-state index contributed by atoms with van der Waals surface area (Å²) in [7, 11) is 9.60. The molecule has 9 aromatic rings. The van der Waals surface area contributed by atoms with Crippen molar-refractivity contribution in [2.24, 2.45) is 21.1 Å². The van der Waals surface area contributed by atoms with Gasteiger partial charge in [-0.25, -0.2) is 24.5 Å². The van der Waals surface area contributed by atoms with E-state index in [1.54, 1.807) is 97.8 Å². The van der Waals surface area contributed by atoms with Gasteiger partial charge in [0.1, 0.15) is 19.0 Å². The van der Waals surface area contributed by atoms with E-state index in [1.165, 1.54) is 67.3 Å². The van der Waals surface area contributed by atoms with Crippen LogP contribution in [-0.4, -0.2) is 189 Å². The number of carbonyl (C=O) groups is 6. The molecular weight excluding hydrogens is 1240 g/mol. The van der Waals surface area contributed by atoms with Crippen molar-refractivity contribution in [1.82, 2.24) is 101 Å². The third-order valence-corrected chi connectivity index (χ3v) is 13.3. The van der Waals surface area contributed by atoms with Gasteiger partial charge >= 0.3 is 41.6 Å². The number of halogens is 1. The second-order valence-corrected chi connectivity index (χ2v) is 19.4. The Morgan fingerprint density at radius 1 is 0.538 bits per heavy atom. The summed E-state index contributed by atoms with van der Waals surface area (Å²) in [6.45, 7) is -5.80. The number of aromatic nitrogens is 15. The van der Waals surface area contributed by atoms with Crippen molar-refractivity contribution in [3.8, 4) is 51.4 Å². The molecule has 11 rings (SSSR count). The molecule has 0 aliphatic carbocycles. The molecule has 37 heteroatoms. The third kappa shape index (κ3) is 15.6. The van der Waals surface area contributed by atoms with Gasteiger partial charge < -0.3 is 56.9 Å². The van der Waals surface area contributed by atoms with Crippen molar-refractivity contribution in [2.45, 2.75) is 6.92 Å². The molecule has 0 radical (unpaired) electrons. The van der Waals surface area contributed by atoms with E-state index >= 15 is 0 Å². The molecule has 0 atom stereocenters. The quantitative estimate of drug-likeness (QED) is 0.0624. The van der Waals surface area contributed by atoms with Crippen LogP contribution in [0.15, 0.2) is 91.8 Å². The minimum Gasteiger partial charge on any atom is -0.870 e. The molecule has 0 saturated carbocycles. The maximum Gasteiger partial charge on any atom is 1.00 e. The predicted molar refractivity (Wildman–Crippen MR) is 333 cm³/mol. The van der Waals surface area contributed by atoms with Crippen LogP contribution in [0.3, 0.4) is 0 Å². The molecule has 0 spiro atoms. The van der Waals surface area contributed by atoms with Crippen molar-refractivity contribution < 1.29 is 90.3 Å². The molecule has 2 saturated heterocycles. The number of nitrogens with zero attached hydrogens (tertiary/aromatic N) is 18. The molecule has 8 heterocycles. The molecule has 0 unspecified atom stereocenters. The van der Waals surface area contributed by atoms with Crippen LogP contribution in [0, 0.1) is 0 Å². The topological polar surface area (TPSA) is 424 Å². The second-order valence-electron chi connectivity index (χ2n) is 19.0. The molecule has 35 nitrogen and oxygen atoms in total. The number of benzene rings is 3. The number of rotatable bonds is 17. The van der Waals surface area contributed by atoms with Crippen molar-refractivity contribution >= 4 is 93.1 Å². The van der Waals surface area contributed by atoms with Gasteiger partial charge in [0.25, 0.3) is 17.7 Å². The van der Waals surface area contributed by atoms with Crippen LogP contribution >= 0.6 is 11.6 Å². The summed E-state index contributed by atoms with van der Waals surface area (Å²) in [4.78, 5) is 90.6. The molecule has 93 heavy (non-hydrogen) atoms. The Kier molecular flexibility index (Phi) is 19.1. The Balaban J connectivity index is 0.000000214. The standard InChI is InChI=1S/C21H23N9O4.C19H21N9O3.C16H16ClN7O2.Na.H2O/c1-12(31)29-8-9-30(21(29)33)16-10-15(17(26-25-16)20(32)22-2)24-14-7-5-6-13(18(14)34-4)19-23-11-28(3)27-19;1-20-18(29)15-13(9-14(24-25-15)28-8-7-21-19(28)30)23-12-6-4-5-11(16(12)31-3)17-22-10-27(2)26-17;1-18-16(25)13-11(7-12(17)21-22-13)20-10-6-4-5-9(14(10)26-3)15-19-8-24(2)23-15;;/h5-7,10-11H,8-9H2,1-4H3,(H,22,32)(H,24,25);4-6,9-10H,7-8H2,1-3H3,(H,20,29)(H,21,30)(H,23,24);4-8H,1-3H3,(H,18,25)(H,20,21);;1H2/q;;;+1;/p-1/i2D3;2*1D3;;. The minimum absolute atomic E-state index is 0. The maximum absolute atomic E-state index is 12.8. The van der Waals surface area contributed by atoms with E-state index in [0.717, 1.165) is 4.90 Å². The first kappa shape index (κ1) is 57.2. The fourth-order valence-electron chi connectivity index (χ4n) is 9.01. The van der Waals surface area contributed by atoms with Crippen molar-refractivity contribution in [2.75, 3.05) is 94.2 Å². The molecule has 0 bridgehead atoms. The van der Waals surface area contributed by atoms with Crippen LogP contribution in [0.5, 0.6) is 17.2 Å². The molecule has 2 aliphatic heterocycles. The fourth-order valence-corrected chi connectivity index (χ4v) is 9.16. The number of hydrogen-bond acceptors (Lipinski definition) is 25. The van der Waals surface area contributed by atoms with E-state index < -0.39 is 50.6 Å². The SMILES string of the molecule is [2H]C([2H])([2H])NC(=O)c1nnc(Cl)cc1Nc1cccc(-c2ncn(C)n2)c1OC.[2H]C([2H])([2H])NC(=O)c1nnc(N2CCN(C(C)=O)C2=O)cc1Nc1cccc(-c2ncn(C)n2)c1OC.[2H]C([2H])([2H])NC(=O)c1nnc(N2CCNC2=O)cc1Nc1cccc(-c2ncn(C)n2)c1OC.[Na+].[OH-]. The molecule has 2 fully saturated rings. The van der Waals surface area contributed by atoms with Crippen LogP contribution in [0.4, 0.5) is 55.3 Å². The van der Waals surface area contributed by atoms with Crippen molar-refractivity contribution in [3.63, 3.8) is 0 Å². The van der Waals surface area contributed by atoms with E-state index in [2.05, 4.69) is 82.1 Å². The fraction of sp³-hybridized carbons (Fsp3) is 0.250. The molecule has 478 valence electrons. The number of aryl methyl sites for hydroxylation is 3. The summed E-state index contributed by atoms with van der Waals surface area (Å²) in [6.07, 6.45) is 4.63. The van der Waals surface area contributed by atoms with Crippen molar-refractivity contribution in [3.05, 3.63) is 114 Å². The maximum atomic E-state index is 12.8. The number of hydrogen-bond donors (Lipinski definition) is 7. The number of imide groups is 1. The normalized spacial score (nSPS) is 14.0. The van der Waals surface area contributed by atoms with Crippen LogP contribution in [0.25, 0.3) is 34.2 Å². The van der Waals surface area contributed by atoms with Gasteiger partial charge in [-0.15, -0.1) is 30.6 Å². The average molecular weight is 1310 g/mol. The summed E-state index contributed by atoms with van der Waals surface area (Å²) in [6, 6.07) is 18.8. The monoisotopic (exact) mass is 1310 g/mol. The number of carbonyl (C=O) groups excluding carboxylic acids is 6. The number of anilines is 8. The summed E-state index contributed by atoms with van der Waals surface area (Å²) in [5, 5.41) is 53.3. The Hall–Kier alpha value is -11.0. The summed E-state index contributed by atoms with van der Waals surface area (Å²) < 4.78 is 87.0. The van der Waals surface area contributed by atoms with Crippen LogP contribution in [-0.2, 0) is 25.9 Å². The summed E-state index contributed by atoms with van der Waals surface area (Å²) >= 11 is 5.91. The zero-order chi connectivity index (χ0) is 72.5. The number of amides is 8. The summed E-state index contributed by atoms with van der Waals surface area (Å²) in [5.74, 6) is -0.692. The average Bonchev–Trinajstić information content (AvgIpc) is 1.39. The third-order valence-electron chi connectivity index (χ3n) is 13.1. The Labute approximate surface area is 569 Å². The number of urea groups is 2. The van der Waals surface area contributed by atoms with Gasteiger partial charge in [-0.2, -0.15) is 15.3 Å². The number of ether oxygens (including phenoxy) is 3. The first-order valence-electron chi connectivity index (χ1n) is 31.1. The van der Waals surface area contributed by atoms with Gasteiger partial charge in [0.05, 0.1) is 72.1 Å². The largest absolute Gasteiger partial charge is 1.00 e. The number of para-hydroxylation sites is 3. The zero-order valence-corrected chi connectivity index (χ0v) is 53.3. The Bertz CT molecular complexity index is 4580. The van der Waals surface area contributed by atoms with Gasteiger partial charge in [0, 0.05) is 106 Å². The van der Waals surface area contributed by atoms with Crippen LogP contribution in [0.2, 0.25) is 5.15 Å². The second kappa shape index (κ2) is 31.1.